The Bertz CT molecular complexity index is 570. The molecule has 21 heavy (non-hydrogen) atoms. The van der Waals surface area contributed by atoms with E-state index in [0.717, 1.165) is 40.2 Å². The first-order valence-electron chi connectivity index (χ1n) is 7.09. The zero-order chi connectivity index (χ0) is 15.1. The fourth-order valence-electron chi connectivity index (χ4n) is 2.03. The SMILES string of the molecule is CCNCc1cc(Br)ccc1Oc1ccc(CCO)cc1. The lowest BCUT2D eigenvalue weighted by Crippen LogP contribution is -2.12. The first-order valence-corrected chi connectivity index (χ1v) is 7.89. The molecule has 0 spiro atoms. The minimum absolute atomic E-state index is 0.166. The second kappa shape index (κ2) is 8.17. The van der Waals surface area contributed by atoms with Crippen LogP contribution in [0, 0.1) is 0 Å². The summed E-state index contributed by atoms with van der Waals surface area (Å²) < 4.78 is 7.01. The molecule has 0 aliphatic heterocycles. The predicted molar refractivity (Wildman–Crippen MR) is 88.8 cm³/mol. The second-order valence-electron chi connectivity index (χ2n) is 4.75. The maximum atomic E-state index is 8.93. The Balaban J connectivity index is 2.14. The van der Waals surface area contributed by atoms with E-state index >= 15 is 0 Å². The van der Waals surface area contributed by atoms with E-state index in [1.807, 2.05) is 36.4 Å². The average molecular weight is 350 g/mol. The Hall–Kier alpha value is -1.36. The molecule has 0 saturated carbocycles. The van der Waals surface area contributed by atoms with Crippen molar-refractivity contribution in [2.24, 2.45) is 0 Å². The molecule has 0 atom stereocenters. The summed E-state index contributed by atoms with van der Waals surface area (Å²) in [6, 6.07) is 13.8. The summed E-state index contributed by atoms with van der Waals surface area (Å²) in [5.74, 6) is 1.66. The lowest BCUT2D eigenvalue weighted by atomic mass is 10.1. The van der Waals surface area contributed by atoms with Crippen LogP contribution in [-0.2, 0) is 13.0 Å². The molecular weight excluding hydrogens is 330 g/mol. The van der Waals surface area contributed by atoms with E-state index in [1.54, 1.807) is 0 Å². The van der Waals surface area contributed by atoms with E-state index in [4.69, 9.17) is 9.84 Å². The van der Waals surface area contributed by atoms with E-state index in [2.05, 4.69) is 34.2 Å². The van der Waals surface area contributed by atoms with Crippen molar-refractivity contribution < 1.29 is 9.84 Å². The summed E-state index contributed by atoms with van der Waals surface area (Å²) in [4.78, 5) is 0. The third-order valence-electron chi connectivity index (χ3n) is 3.14. The largest absolute Gasteiger partial charge is 0.457 e. The van der Waals surface area contributed by atoms with Gasteiger partial charge in [0.2, 0.25) is 0 Å². The minimum Gasteiger partial charge on any atom is -0.457 e. The third kappa shape index (κ3) is 4.84. The molecule has 0 unspecified atom stereocenters. The first kappa shape index (κ1) is 16.0. The molecule has 3 nitrogen and oxygen atoms in total. The highest BCUT2D eigenvalue weighted by molar-refractivity contribution is 9.10. The van der Waals surface area contributed by atoms with Crippen LogP contribution >= 0.6 is 15.9 Å². The van der Waals surface area contributed by atoms with Gasteiger partial charge in [-0.3, -0.25) is 0 Å². The Morgan fingerprint density at radius 3 is 2.57 bits per heavy atom. The molecule has 0 radical (unpaired) electrons. The number of rotatable bonds is 7. The van der Waals surface area contributed by atoms with Gasteiger partial charge < -0.3 is 15.2 Å². The summed E-state index contributed by atoms with van der Waals surface area (Å²) >= 11 is 3.49. The molecular formula is C17H20BrNO2. The van der Waals surface area contributed by atoms with Crippen molar-refractivity contribution >= 4 is 15.9 Å². The van der Waals surface area contributed by atoms with Crippen LogP contribution in [0.3, 0.4) is 0 Å². The maximum Gasteiger partial charge on any atom is 0.131 e. The van der Waals surface area contributed by atoms with Crippen molar-refractivity contribution in [3.63, 3.8) is 0 Å². The Kier molecular flexibility index (Phi) is 6.23. The summed E-state index contributed by atoms with van der Waals surface area (Å²) in [5.41, 5.74) is 2.22. The Labute approximate surface area is 134 Å². The number of aliphatic hydroxyl groups is 1. The van der Waals surface area contributed by atoms with Crippen LogP contribution in [-0.4, -0.2) is 18.3 Å². The molecule has 112 valence electrons. The number of hydrogen-bond donors (Lipinski definition) is 2. The van der Waals surface area contributed by atoms with Gasteiger partial charge in [0.1, 0.15) is 11.5 Å². The molecule has 0 aliphatic rings. The van der Waals surface area contributed by atoms with E-state index in [1.165, 1.54) is 0 Å². The molecule has 2 aromatic rings. The van der Waals surface area contributed by atoms with Gasteiger partial charge in [-0.15, -0.1) is 0 Å². The molecule has 0 amide bonds. The van der Waals surface area contributed by atoms with Crippen molar-refractivity contribution in [3.05, 3.63) is 58.1 Å². The molecule has 2 aromatic carbocycles. The highest BCUT2D eigenvalue weighted by Crippen LogP contribution is 2.28. The topological polar surface area (TPSA) is 41.5 Å². The second-order valence-corrected chi connectivity index (χ2v) is 5.67. The van der Waals surface area contributed by atoms with Crippen molar-refractivity contribution in [3.8, 4) is 11.5 Å². The number of halogens is 1. The van der Waals surface area contributed by atoms with Crippen LogP contribution in [0.4, 0.5) is 0 Å². The molecule has 2 N–H and O–H groups in total. The summed E-state index contributed by atoms with van der Waals surface area (Å²) in [5, 5.41) is 12.2. The predicted octanol–water partition coefficient (Wildman–Crippen LogP) is 3.89. The van der Waals surface area contributed by atoms with Gasteiger partial charge in [0.25, 0.3) is 0 Å². The quantitative estimate of drug-likeness (QED) is 0.796. The zero-order valence-corrected chi connectivity index (χ0v) is 13.7. The number of aliphatic hydroxyl groups excluding tert-OH is 1. The molecule has 0 saturated heterocycles. The van der Waals surface area contributed by atoms with E-state index in [0.29, 0.717) is 6.42 Å². The van der Waals surface area contributed by atoms with E-state index < -0.39 is 0 Å². The summed E-state index contributed by atoms with van der Waals surface area (Å²) in [7, 11) is 0. The fourth-order valence-corrected chi connectivity index (χ4v) is 2.43. The number of benzene rings is 2. The van der Waals surface area contributed by atoms with Crippen LogP contribution < -0.4 is 10.1 Å². The molecule has 0 fully saturated rings. The number of hydrogen-bond acceptors (Lipinski definition) is 3. The summed E-state index contributed by atoms with van der Waals surface area (Å²) in [6.07, 6.45) is 0.671. The fraction of sp³-hybridized carbons (Fsp3) is 0.294. The number of ether oxygens (including phenoxy) is 1. The average Bonchev–Trinajstić information content (AvgIpc) is 2.49. The molecule has 0 bridgehead atoms. The van der Waals surface area contributed by atoms with Gasteiger partial charge in [-0.25, -0.2) is 0 Å². The van der Waals surface area contributed by atoms with Gasteiger partial charge in [-0.05, 0) is 48.9 Å². The van der Waals surface area contributed by atoms with E-state index in [9.17, 15) is 0 Å². The van der Waals surface area contributed by atoms with Crippen molar-refractivity contribution in [2.75, 3.05) is 13.2 Å². The van der Waals surface area contributed by atoms with Crippen LogP contribution in [0.2, 0.25) is 0 Å². The minimum atomic E-state index is 0.166. The molecule has 2 rings (SSSR count). The lowest BCUT2D eigenvalue weighted by molar-refractivity contribution is 0.299. The third-order valence-corrected chi connectivity index (χ3v) is 3.63. The monoisotopic (exact) mass is 349 g/mol. The van der Waals surface area contributed by atoms with E-state index in [-0.39, 0.29) is 6.61 Å². The zero-order valence-electron chi connectivity index (χ0n) is 12.1. The smallest absolute Gasteiger partial charge is 0.131 e. The van der Waals surface area contributed by atoms with Crippen LogP contribution in [0.15, 0.2) is 46.9 Å². The highest BCUT2D eigenvalue weighted by atomic mass is 79.9. The van der Waals surface area contributed by atoms with Crippen molar-refractivity contribution in [1.82, 2.24) is 5.32 Å². The van der Waals surface area contributed by atoms with Gasteiger partial charge in [0.15, 0.2) is 0 Å². The van der Waals surface area contributed by atoms with Gasteiger partial charge >= 0.3 is 0 Å². The van der Waals surface area contributed by atoms with Gasteiger partial charge in [-0.1, -0.05) is 35.0 Å². The van der Waals surface area contributed by atoms with Crippen molar-refractivity contribution in [2.45, 2.75) is 19.9 Å². The first-order chi connectivity index (χ1) is 10.2. The molecule has 0 aliphatic carbocycles. The van der Waals surface area contributed by atoms with Crippen LogP contribution in [0.25, 0.3) is 0 Å². The molecule has 0 aromatic heterocycles. The van der Waals surface area contributed by atoms with Crippen molar-refractivity contribution in [1.29, 1.82) is 0 Å². The van der Waals surface area contributed by atoms with Gasteiger partial charge in [-0.2, -0.15) is 0 Å². The summed E-state index contributed by atoms with van der Waals surface area (Å²) in [6.45, 7) is 3.94. The maximum absolute atomic E-state index is 8.93. The molecule has 4 heteroatoms. The lowest BCUT2D eigenvalue weighted by Gasteiger charge is -2.12. The van der Waals surface area contributed by atoms with Crippen LogP contribution in [0.1, 0.15) is 18.1 Å². The Morgan fingerprint density at radius 1 is 1.14 bits per heavy atom. The molecule has 0 heterocycles. The van der Waals surface area contributed by atoms with Crippen LogP contribution in [0.5, 0.6) is 11.5 Å². The Morgan fingerprint density at radius 2 is 1.90 bits per heavy atom. The normalized spacial score (nSPS) is 10.6. The standard InChI is InChI=1S/C17H20BrNO2/c1-2-19-12-14-11-15(18)5-8-17(14)21-16-6-3-13(4-7-16)9-10-20/h3-8,11,19-20H,2,9-10,12H2,1H3. The number of nitrogens with one attached hydrogen (secondary N) is 1. The van der Waals surface area contributed by atoms with Gasteiger partial charge in [0.05, 0.1) is 0 Å². The highest BCUT2D eigenvalue weighted by Gasteiger charge is 2.06. The van der Waals surface area contributed by atoms with Gasteiger partial charge in [0, 0.05) is 23.2 Å².